The monoisotopic (exact) mass is 295 g/mol. The molecule has 0 aromatic carbocycles. The Bertz CT molecular complexity index is 415. The fourth-order valence-electron chi connectivity index (χ4n) is 2.89. The van der Waals surface area contributed by atoms with Gasteiger partial charge in [0.1, 0.15) is 0 Å². The fourth-order valence-corrected chi connectivity index (χ4v) is 4.08. The van der Waals surface area contributed by atoms with Gasteiger partial charge in [-0.05, 0) is 56.7 Å². The summed E-state index contributed by atoms with van der Waals surface area (Å²) in [6.45, 7) is 9.80. The van der Waals surface area contributed by atoms with E-state index in [1.54, 1.807) is 0 Å². The number of hydrogen-bond donors (Lipinski definition) is 1. The van der Waals surface area contributed by atoms with E-state index in [-0.39, 0.29) is 5.41 Å². The van der Waals surface area contributed by atoms with Crippen LogP contribution in [0.1, 0.15) is 62.8 Å². The third kappa shape index (κ3) is 3.84. The molecule has 1 aliphatic rings. The van der Waals surface area contributed by atoms with Gasteiger partial charge in [-0.25, -0.2) is 0 Å². The van der Waals surface area contributed by atoms with Crippen LogP contribution in [-0.2, 0) is 10.2 Å². The van der Waals surface area contributed by atoms with Crippen molar-refractivity contribution in [3.63, 3.8) is 0 Å². The molecule has 1 aromatic heterocycles. The molecule has 1 N–H and O–H groups in total. The van der Waals surface area contributed by atoms with Crippen molar-refractivity contribution in [1.82, 2.24) is 5.32 Å². The summed E-state index contributed by atoms with van der Waals surface area (Å²) in [5, 5.41) is 3.50. The van der Waals surface area contributed by atoms with Crippen molar-refractivity contribution in [1.29, 1.82) is 0 Å². The average Bonchev–Trinajstić information content (AvgIpc) is 2.81. The zero-order valence-corrected chi connectivity index (χ0v) is 14.3. The highest BCUT2D eigenvalue weighted by atomic mass is 32.1. The van der Waals surface area contributed by atoms with Crippen LogP contribution in [0.4, 0.5) is 0 Å². The molecule has 0 spiro atoms. The van der Waals surface area contributed by atoms with Crippen LogP contribution in [0, 0.1) is 5.92 Å². The van der Waals surface area contributed by atoms with E-state index in [0.29, 0.717) is 12.1 Å². The lowest BCUT2D eigenvalue weighted by atomic mass is 9.78. The van der Waals surface area contributed by atoms with Gasteiger partial charge >= 0.3 is 0 Å². The summed E-state index contributed by atoms with van der Waals surface area (Å²) >= 11 is 1.97. The maximum atomic E-state index is 5.66. The van der Waals surface area contributed by atoms with Gasteiger partial charge < -0.3 is 10.1 Å². The largest absolute Gasteiger partial charge is 0.378 e. The van der Waals surface area contributed by atoms with E-state index in [1.807, 2.05) is 11.3 Å². The highest BCUT2D eigenvalue weighted by Crippen LogP contribution is 2.39. The first kappa shape index (κ1) is 16.0. The maximum Gasteiger partial charge on any atom is 0.0580 e. The summed E-state index contributed by atoms with van der Waals surface area (Å²) in [6.07, 6.45) is 4.24. The minimum Gasteiger partial charge on any atom is -0.378 e. The zero-order chi connectivity index (χ0) is 14.8. The molecular formula is C17H29NOS. The Balaban J connectivity index is 1.91. The van der Waals surface area contributed by atoms with Crippen LogP contribution < -0.4 is 5.32 Å². The van der Waals surface area contributed by atoms with Gasteiger partial charge in [-0.2, -0.15) is 0 Å². The normalized spacial score (nSPS) is 24.4. The lowest BCUT2D eigenvalue weighted by molar-refractivity contribution is -0.0288. The van der Waals surface area contributed by atoms with E-state index in [1.165, 1.54) is 29.0 Å². The first-order chi connectivity index (χ1) is 9.44. The molecule has 2 rings (SSSR count). The Labute approximate surface area is 127 Å². The van der Waals surface area contributed by atoms with Crippen molar-refractivity contribution in [3.05, 3.63) is 21.9 Å². The van der Waals surface area contributed by atoms with Gasteiger partial charge in [0.2, 0.25) is 0 Å². The molecule has 0 bridgehead atoms. The number of rotatable bonds is 6. The molecule has 1 saturated carbocycles. The van der Waals surface area contributed by atoms with Crippen LogP contribution in [0.25, 0.3) is 0 Å². The minimum atomic E-state index is 0.262. The van der Waals surface area contributed by atoms with E-state index >= 15 is 0 Å². The standard InChI is InChI=1S/C17H29NOS/c1-6-19-13-9-12(10-13)11-14(18-5)15-7-8-16(20-15)17(2,3)4/h7-8,12-14,18H,6,9-11H2,1-5H3. The maximum absolute atomic E-state index is 5.66. The van der Waals surface area contributed by atoms with Gasteiger partial charge in [0.05, 0.1) is 6.10 Å². The van der Waals surface area contributed by atoms with Gasteiger partial charge in [-0.1, -0.05) is 20.8 Å². The Hall–Kier alpha value is -0.380. The molecular weight excluding hydrogens is 266 g/mol. The Morgan fingerprint density at radius 2 is 2.05 bits per heavy atom. The van der Waals surface area contributed by atoms with E-state index in [0.717, 1.165) is 12.5 Å². The van der Waals surface area contributed by atoms with Crippen molar-refractivity contribution in [2.75, 3.05) is 13.7 Å². The first-order valence-electron chi connectivity index (χ1n) is 7.83. The molecule has 20 heavy (non-hydrogen) atoms. The van der Waals surface area contributed by atoms with Crippen LogP contribution in [0.3, 0.4) is 0 Å². The predicted octanol–water partition coefficient (Wildman–Crippen LogP) is 4.51. The molecule has 1 aliphatic carbocycles. The van der Waals surface area contributed by atoms with E-state index in [9.17, 15) is 0 Å². The summed E-state index contributed by atoms with van der Waals surface area (Å²) in [7, 11) is 2.08. The zero-order valence-electron chi connectivity index (χ0n) is 13.5. The first-order valence-corrected chi connectivity index (χ1v) is 8.64. The predicted molar refractivity (Wildman–Crippen MR) is 87.6 cm³/mol. The Morgan fingerprint density at radius 1 is 1.35 bits per heavy atom. The van der Waals surface area contributed by atoms with Gasteiger partial charge in [0.15, 0.2) is 0 Å². The second kappa shape index (κ2) is 6.59. The molecule has 0 amide bonds. The Morgan fingerprint density at radius 3 is 2.55 bits per heavy atom. The molecule has 0 radical (unpaired) electrons. The number of nitrogens with one attached hydrogen (secondary N) is 1. The third-order valence-electron chi connectivity index (χ3n) is 4.22. The number of thiophene rings is 1. The molecule has 0 saturated heterocycles. The van der Waals surface area contributed by atoms with Gasteiger partial charge in [0, 0.05) is 22.4 Å². The van der Waals surface area contributed by atoms with Gasteiger partial charge in [-0.15, -0.1) is 11.3 Å². The highest BCUT2D eigenvalue weighted by Gasteiger charge is 2.32. The molecule has 1 atom stereocenters. The van der Waals surface area contributed by atoms with Crippen LogP contribution in [0.2, 0.25) is 0 Å². The molecule has 0 aliphatic heterocycles. The van der Waals surface area contributed by atoms with Crippen LogP contribution in [0.15, 0.2) is 12.1 Å². The summed E-state index contributed by atoms with van der Waals surface area (Å²) < 4.78 is 5.66. The second-order valence-electron chi connectivity index (χ2n) is 6.94. The van der Waals surface area contributed by atoms with Crippen molar-refractivity contribution < 1.29 is 4.74 Å². The van der Waals surface area contributed by atoms with Crippen molar-refractivity contribution >= 4 is 11.3 Å². The molecule has 114 valence electrons. The summed E-state index contributed by atoms with van der Waals surface area (Å²) in [6, 6.07) is 5.11. The van der Waals surface area contributed by atoms with Gasteiger partial charge in [0.25, 0.3) is 0 Å². The van der Waals surface area contributed by atoms with E-state index in [4.69, 9.17) is 4.74 Å². The smallest absolute Gasteiger partial charge is 0.0580 e. The summed E-state index contributed by atoms with van der Waals surface area (Å²) in [5.74, 6) is 0.823. The molecule has 1 heterocycles. The molecule has 3 heteroatoms. The lowest BCUT2D eigenvalue weighted by Crippen LogP contribution is -2.34. The molecule has 1 aromatic rings. The Kier molecular flexibility index (Phi) is 5.27. The summed E-state index contributed by atoms with van der Waals surface area (Å²) in [4.78, 5) is 2.96. The molecule has 1 unspecified atom stereocenters. The van der Waals surface area contributed by atoms with E-state index < -0.39 is 0 Å². The van der Waals surface area contributed by atoms with Crippen LogP contribution in [0.5, 0.6) is 0 Å². The van der Waals surface area contributed by atoms with Crippen molar-refractivity contribution in [2.45, 2.75) is 64.5 Å². The van der Waals surface area contributed by atoms with Gasteiger partial charge in [-0.3, -0.25) is 0 Å². The SMILES string of the molecule is CCOC1CC(CC(NC)c2ccc(C(C)(C)C)s2)C1. The highest BCUT2D eigenvalue weighted by molar-refractivity contribution is 7.12. The fraction of sp³-hybridized carbons (Fsp3) is 0.765. The quantitative estimate of drug-likeness (QED) is 0.833. The average molecular weight is 295 g/mol. The minimum absolute atomic E-state index is 0.262. The third-order valence-corrected chi connectivity index (χ3v) is 5.85. The lowest BCUT2D eigenvalue weighted by Gasteiger charge is -2.36. The number of ether oxygens (including phenoxy) is 1. The van der Waals surface area contributed by atoms with Crippen LogP contribution in [-0.4, -0.2) is 19.8 Å². The molecule has 2 nitrogen and oxygen atoms in total. The van der Waals surface area contributed by atoms with Crippen LogP contribution >= 0.6 is 11.3 Å². The number of hydrogen-bond acceptors (Lipinski definition) is 3. The summed E-state index contributed by atoms with van der Waals surface area (Å²) in [5.41, 5.74) is 0.262. The van der Waals surface area contributed by atoms with Crippen molar-refractivity contribution in [3.8, 4) is 0 Å². The topological polar surface area (TPSA) is 21.3 Å². The second-order valence-corrected chi connectivity index (χ2v) is 8.06. The van der Waals surface area contributed by atoms with Crippen molar-refractivity contribution in [2.24, 2.45) is 5.92 Å². The molecule has 1 fully saturated rings. The van der Waals surface area contributed by atoms with E-state index in [2.05, 4.69) is 52.2 Å².